The molecule has 230 valence electrons. The van der Waals surface area contributed by atoms with Crippen LogP contribution in [0.4, 0.5) is 0 Å². The average molecular weight is 646 g/mol. The number of terminal acetylenes is 1. The smallest absolute Gasteiger partial charge is 0.136 e. The van der Waals surface area contributed by atoms with E-state index in [1.165, 1.54) is 28.7 Å². The Morgan fingerprint density at radius 2 is 1.77 bits per heavy atom. The Bertz CT molecular complexity index is 1450. The number of rotatable bonds is 8. The number of methoxy groups -OCH3 is 1. The van der Waals surface area contributed by atoms with Gasteiger partial charge in [0, 0.05) is 47.0 Å². The van der Waals surface area contributed by atoms with Gasteiger partial charge in [-0.15, -0.1) is 13.0 Å². The fraction of sp³-hybridized carbons (Fsp3) is 0.500. The van der Waals surface area contributed by atoms with Gasteiger partial charge >= 0.3 is 0 Å². The average Bonchev–Trinajstić information content (AvgIpc) is 2.96. The maximum absolute atomic E-state index is 6.68. The Hall–Kier alpha value is -2.65. The second-order valence-electron chi connectivity index (χ2n) is 14.6. The van der Waals surface area contributed by atoms with Gasteiger partial charge in [-0.2, -0.15) is 0 Å². The first-order valence-electron chi connectivity index (χ1n) is 15.5. The van der Waals surface area contributed by atoms with Crippen molar-refractivity contribution in [3.63, 3.8) is 0 Å². The van der Waals surface area contributed by atoms with E-state index in [1.54, 1.807) is 0 Å². The molecule has 0 amide bonds. The van der Waals surface area contributed by atoms with Gasteiger partial charge in [0.05, 0.1) is 25.7 Å². The number of aromatic nitrogens is 1. The molecule has 0 N–H and O–H groups in total. The highest BCUT2D eigenvalue weighted by molar-refractivity contribution is 5.82. The van der Waals surface area contributed by atoms with Crippen molar-refractivity contribution in [2.24, 2.45) is 11.8 Å². The number of benzene rings is 2. The van der Waals surface area contributed by atoms with E-state index in [4.69, 9.17) is 15.9 Å². The van der Waals surface area contributed by atoms with E-state index in [1.807, 2.05) is 13.3 Å². The third kappa shape index (κ3) is 6.44. The van der Waals surface area contributed by atoms with Gasteiger partial charge in [0.15, 0.2) is 0 Å². The normalized spacial score (nSPS) is 24.2. The van der Waals surface area contributed by atoms with Crippen molar-refractivity contribution in [2.75, 3.05) is 26.8 Å². The number of para-hydroxylation sites is 1. The summed E-state index contributed by atoms with van der Waals surface area (Å²) in [5.41, 5.74) is 6.01. The van der Waals surface area contributed by atoms with E-state index in [9.17, 15) is 0 Å². The molecule has 4 heterocycles. The number of hydrogen-bond donors (Lipinski definition) is 0. The van der Waals surface area contributed by atoms with Crippen LogP contribution in [0.3, 0.4) is 0 Å². The monoisotopic (exact) mass is 644 g/mol. The first-order valence-corrected chi connectivity index (χ1v) is 15.5. The predicted molar refractivity (Wildman–Crippen MR) is 174 cm³/mol. The summed E-state index contributed by atoms with van der Waals surface area (Å²) < 4.78 is 13.8. The van der Waals surface area contributed by atoms with Crippen molar-refractivity contribution in [2.45, 2.75) is 83.9 Å². The molecule has 3 aliphatic rings. The Kier molecular flexibility index (Phi) is 9.86. The molecule has 5 atom stereocenters. The summed E-state index contributed by atoms with van der Waals surface area (Å²) in [5, 5.41) is 1.15. The van der Waals surface area contributed by atoms with Crippen LogP contribution >= 0.6 is 0 Å². The van der Waals surface area contributed by atoms with Crippen LogP contribution in [0.1, 0.15) is 82.7 Å². The van der Waals surface area contributed by atoms with E-state index < -0.39 is 0 Å². The maximum atomic E-state index is 6.68. The van der Waals surface area contributed by atoms with Gasteiger partial charge in [-0.1, -0.05) is 71.7 Å². The molecule has 0 spiro atoms. The summed E-state index contributed by atoms with van der Waals surface area (Å²) in [5.74, 6) is 4.90. The molecule has 3 saturated heterocycles. The van der Waals surface area contributed by atoms with Crippen LogP contribution < -0.4 is 21.7 Å². The third-order valence-corrected chi connectivity index (χ3v) is 9.83. The van der Waals surface area contributed by atoms with Crippen molar-refractivity contribution < 1.29 is 30.9 Å². The fourth-order valence-electron chi connectivity index (χ4n) is 7.75. The molecule has 3 fully saturated rings. The minimum Gasteiger partial charge on any atom is -1.00 e. The highest BCUT2D eigenvalue weighted by Crippen LogP contribution is 2.50. The number of halogens is 1. The molecule has 2 bridgehead atoms. The molecule has 5 heteroatoms. The van der Waals surface area contributed by atoms with Gasteiger partial charge in [0.25, 0.3) is 0 Å². The second kappa shape index (κ2) is 12.8. The van der Waals surface area contributed by atoms with Crippen molar-refractivity contribution in [1.82, 2.24) is 4.98 Å². The van der Waals surface area contributed by atoms with Crippen molar-refractivity contribution in [3.8, 4) is 18.1 Å². The first kappa shape index (κ1) is 33.2. The van der Waals surface area contributed by atoms with Crippen molar-refractivity contribution in [3.05, 3.63) is 83.6 Å². The number of ether oxygens (including phenoxy) is 2. The summed E-state index contributed by atoms with van der Waals surface area (Å²) in [6.07, 6.45) is 12.1. The quantitative estimate of drug-likeness (QED) is 0.193. The zero-order chi connectivity index (χ0) is 30.3. The lowest BCUT2D eigenvalue weighted by atomic mass is 9.70. The first-order chi connectivity index (χ1) is 19.9. The molecule has 1 aromatic heterocycles. The minimum atomic E-state index is -0.120. The molecule has 43 heavy (non-hydrogen) atoms. The van der Waals surface area contributed by atoms with Crippen LogP contribution in [0.15, 0.2) is 61.3 Å². The molecular weight excluding hydrogens is 596 g/mol. The molecular formula is C38H49BrN2O2. The van der Waals surface area contributed by atoms with Gasteiger partial charge in [0.1, 0.15) is 31.0 Å². The maximum Gasteiger partial charge on any atom is 0.136 e. The highest BCUT2D eigenvalue weighted by atomic mass is 79.9. The SMILES string of the molecule is C#CCO[C@@H](c1ccnc2ccccc12)[C@H]1C[C@@H]2CC[N@@+]1(Cc1cc(C(C)(C)C)c(OC)c(C(C)(C)C)c1)C[C@@H]2C=C.[Br-]. The minimum absolute atomic E-state index is 0. The molecule has 0 aliphatic carbocycles. The van der Waals surface area contributed by atoms with E-state index >= 15 is 0 Å². The number of pyridine rings is 1. The molecule has 3 aliphatic heterocycles. The Labute approximate surface area is 270 Å². The largest absolute Gasteiger partial charge is 1.00 e. The van der Waals surface area contributed by atoms with Crippen LogP contribution in [-0.2, 0) is 22.1 Å². The predicted octanol–water partition coefficient (Wildman–Crippen LogP) is 5.14. The molecule has 0 radical (unpaired) electrons. The zero-order valence-electron chi connectivity index (χ0n) is 27.1. The lowest BCUT2D eigenvalue weighted by Crippen LogP contribution is -3.00. The lowest BCUT2D eigenvalue weighted by molar-refractivity contribution is -0.985. The van der Waals surface area contributed by atoms with E-state index in [0.717, 1.165) is 47.2 Å². The summed E-state index contributed by atoms with van der Waals surface area (Å²) in [6.45, 7) is 21.4. The Morgan fingerprint density at radius 3 is 2.37 bits per heavy atom. The summed E-state index contributed by atoms with van der Waals surface area (Å²) in [6, 6.07) is 15.7. The molecule has 0 saturated carbocycles. The van der Waals surface area contributed by atoms with E-state index in [2.05, 4.69) is 108 Å². The Morgan fingerprint density at radius 1 is 1.09 bits per heavy atom. The standard InChI is InChI=1S/C38H49N2O2.BrH/c1-10-20-42-35(30-16-18-39-33-15-13-12-14-29(30)33)34-23-28-17-19-40(34,25-27(28)11-2)24-26-21-31(37(3,4)5)36(41-9)32(22-26)38(6,7)8;/h1,11-16,18,21-22,27-28,34-35H,2,17,19-20,23-25H2,3-9H3;1H/q+1;/p-1/t27-,28-,34+,35-,40+;/m0./s1. The number of hydrogen-bond acceptors (Lipinski definition) is 3. The van der Waals surface area contributed by atoms with Gasteiger partial charge in [-0.05, 0) is 46.6 Å². The van der Waals surface area contributed by atoms with Crippen LogP contribution in [0.2, 0.25) is 0 Å². The number of quaternary nitrogens is 1. The van der Waals surface area contributed by atoms with Gasteiger partial charge in [0.2, 0.25) is 0 Å². The molecule has 4 nitrogen and oxygen atoms in total. The van der Waals surface area contributed by atoms with Gasteiger partial charge in [-0.3, -0.25) is 4.98 Å². The van der Waals surface area contributed by atoms with Crippen molar-refractivity contribution >= 4 is 10.9 Å². The van der Waals surface area contributed by atoms with Crippen LogP contribution in [0.5, 0.6) is 5.75 Å². The number of nitrogens with zero attached hydrogens (tertiary/aromatic N) is 2. The van der Waals surface area contributed by atoms with E-state index in [0.29, 0.717) is 11.8 Å². The lowest BCUT2D eigenvalue weighted by Gasteiger charge is -2.58. The number of piperidine rings is 3. The molecule has 6 rings (SSSR count). The van der Waals surface area contributed by atoms with Crippen LogP contribution in [-0.4, -0.2) is 42.3 Å². The molecule has 2 aromatic carbocycles. The summed E-state index contributed by atoms with van der Waals surface area (Å²) in [7, 11) is 1.81. The Balaban J connectivity index is 0.00000423. The van der Waals surface area contributed by atoms with E-state index in [-0.39, 0.29) is 46.6 Å². The zero-order valence-corrected chi connectivity index (χ0v) is 28.7. The number of fused-ring (bicyclic) bond motifs is 4. The fourth-order valence-corrected chi connectivity index (χ4v) is 7.75. The van der Waals surface area contributed by atoms with Crippen LogP contribution in [0, 0.1) is 24.2 Å². The third-order valence-electron chi connectivity index (χ3n) is 9.83. The highest BCUT2D eigenvalue weighted by Gasteiger charge is 2.54. The summed E-state index contributed by atoms with van der Waals surface area (Å²) in [4.78, 5) is 4.66. The van der Waals surface area contributed by atoms with Gasteiger partial charge in [-0.25, -0.2) is 0 Å². The molecule has 0 unspecified atom stereocenters. The topological polar surface area (TPSA) is 31.4 Å². The van der Waals surface area contributed by atoms with Gasteiger partial charge < -0.3 is 30.9 Å². The second-order valence-corrected chi connectivity index (χ2v) is 14.6. The van der Waals surface area contributed by atoms with Crippen LogP contribution in [0.25, 0.3) is 10.9 Å². The molecule has 3 aromatic rings. The van der Waals surface area contributed by atoms with Crippen molar-refractivity contribution in [1.29, 1.82) is 0 Å². The summed E-state index contributed by atoms with van der Waals surface area (Å²) >= 11 is 0.